The lowest BCUT2D eigenvalue weighted by Gasteiger charge is -2.03. The van der Waals surface area contributed by atoms with Gasteiger partial charge in [-0.1, -0.05) is 30.3 Å². The number of halogens is 2. The van der Waals surface area contributed by atoms with Crippen molar-refractivity contribution in [3.05, 3.63) is 65.7 Å². The number of hydrogen-bond acceptors (Lipinski definition) is 1. The Hall–Kier alpha value is -1.35. The largest absolute Gasteiger partial charge is 0.207 e. The third-order valence-electron chi connectivity index (χ3n) is 2.18. The highest BCUT2D eigenvalue weighted by Gasteiger charge is 2.04. The van der Waals surface area contributed by atoms with E-state index < -0.39 is 0 Å². The van der Waals surface area contributed by atoms with Gasteiger partial charge in [-0.2, -0.15) is 0 Å². The fourth-order valence-corrected chi connectivity index (χ4v) is 2.26. The molecule has 2 aromatic carbocycles. The van der Waals surface area contributed by atoms with Crippen LogP contribution in [0.25, 0.3) is 0 Å². The van der Waals surface area contributed by atoms with Gasteiger partial charge in [0, 0.05) is 10.6 Å². The fourth-order valence-electron chi connectivity index (χ4n) is 1.33. The molecule has 0 spiro atoms. The van der Waals surface area contributed by atoms with Crippen molar-refractivity contribution in [3.63, 3.8) is 0 Å². The summed E-state index contributed by atoms with van der Waals surface area (Å²) in [5.74, 6) is -0.0664. The van der Waals surface area contributed by atoms with Gasteiger partial charge < -0.3 is 0 Å². The van der Waals surface area contributed by atoms with Crippen LogP contribution in [-0.4, -0.2) is 0 Å². The van der Waals surface area contributed by atoms with Gasteiger partial charge in [-0.05, 0) is 23.8 Å². The lowest BCUT2D eigenvalue weighted by molar-refractivity contribution is 0.601. The van der Waals surface area contributed by atoms with Crippen molar-refractivity contribution in [2.24, 2.45) is 0 Å². The average molecular weight is 236 g/mol. The third-order valence-corrected chi connectivity index (χ3v) is 3.28. The van der Waals surface area contributed by atoms with Crippen LogP contribution in [-0.2, 0) is 5.75 Å². The van der Waals surface area contributed by atoms with Gasteiger partial charge in [0.2, 0.25) is 0 Å². The van der Waals surface area contributed by atoms with E-state index in [4.69, 9.17) is 0 Å². The molecule has 0 aliphatic heterocycles. The van der Waals surface area contributed by atoms with Crippen LogP contribution in [0.3, 0.4) is 0 Å². The Morgan fingerprint density at radius 1 is 0.812 bits per heavy atom. The summed E-state index contributed by atoms with van der Waals surface area (Å²) in [6.45, 7) is 0. The van der Waals surface area contributed by atoms with Crippen molar-refractivity contribution in [1.29, 1.82) is 0 Å². The van der Waals surface area contributed by atoms with Gasteiger partial charge in [-0.15, -0.1) is 11.8 Å². The zero-order chi connectivity index (χ0) is 11.4. The predicted octanol–water partition coefficient (Wildman–Crippen LogP) is 4.26. The Kier molecular flexibility index (Phi) is 3.57. The van der Waals surface area contributed by atoms with Gasteiger partial charge in [0.15, 0.2) is 0 Å². The van der Waals surface area contributed by atoms with Crippen molar-refractivity contribution in [3.8, 4) is 0 Å². The summed E-state index contributed by atoms with van der Waals surface area (Å²) in [5, 5.41) is 0. The molecule has 2 rings (SSSR count). The molecule has 0 amide bonds. The SMILES string of the molecule is Fc1ccccc1CSc1ccccc1F. The van der Waals surface area contributed by atoms with Crippen LogP contribution >= 0.6 is 11.8 Å². The van der Waals surface area contributed by atoms with Crippen molar-refractivity contribution < 1.29 is 8.78 Å². The Morgan fingerprint density at radius 2 is 1.44 bits per heavy atom. The molecule has 0 fully saturated rings. The molecule has 0 aliphatic carbocycles. The summed E-state index contributed by atoms with van der Waals surface area (Å²) in [4.78, 5) is 0.547. The van der Waals surface area contributed by atoms with Crippen LogP contribution in [0.1, 0.15) is 5.56 Å². The van der Waals surface area contributed by atoms with E-state index in [9.17, 15) is 8.78 Å². The van der Waals surface area contributed by atoms with Gasteiger partial charge in [-0.3, -0.25) is 0 Å². The standard InChI is InChI=1S/C13H10F2S/c14-11-6-2-1-5-10(11)9-16-13-8-4-3-7-12(13)15/h1-8H,9H2. The van der Waals surface area contributed by atoms with E-state index in [-0.39, 0.29) is 11.6 Å². The molecule has 0 atom stereocenters. The summed E-state index contributed by atoms with van der Waals surface area (Å²) in [7, 11) is 0. The molecule has 2 aromatic rings. The van der Waals surface area contributed by atoms with Crippen LogP contribution in [0.5, 0.6) is 0 Å². The second kappa shape index (κ2) is 5.12. The molecule has 0 radical (unpaired) electrons. The van der Waals surface area contributed by atoms with E-state index in [1.54, 1.807) is 36.4 Å². The molecule has 0 unspecified atom stereocenters. The maximum absolute atomic E-state index is 13.3. The molecule has 16 heavy (non-hydrogen) atoms. The van der Waals surface area contributed by atoms with Gasteiger partial charge in [0.05, 0.1) is 0 Å². The van der Waals surface area contributed by atoms with E-state index in [1.165, 1.54) is 23.9 Å². The molecular weight excluding hydrogens is 226 g/mol. The first kappa shape index (κ1) is 11.1. The smallest absolute Gasteiger partial charge is 0.136 e. The molecule has 0 heterocycles. The first-order valence-electron chi connectivity index (χ1n) is 4.88. The maximum atomic E-state index is 13.3. The first-order valence-corrected chi connectivity index (χ1v) is 5.86. The van der Waals surface area contributed by atoms with E-state index in [1.807, 2.05) is 0 Å². The second-order valence-electron chi connectivity index (χ2n) is 3.31. The van der Waals surface area contributed by atoms with Gasteiger partial charge in [-0.25, -0.2) is 8.78 Å². The molecule has 0 bridgehead atoms. The summed E-state index contributed by atoms with van der Waals surface area (Å²) >= 11 is 1.30. The minimum Gasteiger partial charge on any atom is -0.207 e. The van der Waals surface area contributed by atoms with Gasteiger partial charge in [0.25, 0.3) is 0 Å². The van der Waals surface area contributed by atoms with E-state index >= 15 is 0 Å². The monoisotopic (exact) mass is 236 g/mol. The van der Waals surface area contributed by atoms with E-state index in [0.717, 1.165) is 0 Å². The van der Waals surface area contributed by atoms with Crippen molar-refractivity contribution in [2.75, 3.05) is 0 Å². The predicted molar refractivity (Wildman–Crippen MR) is 62.4 cm³/mol. The van der Waals surface area contributed by atoms with Crippen molar-refractivity contribution >= 4 is 11.8 Å². The highest BCUT2D eigenvalue weighted by atomic mass is 32.2. The molecule has 0 aromatic heterocycles. The Bertz CT molecular complexity index is 437. The van der Waals surface area contributed by atoms with E-state index in [0.29, 0.717) is 16.2 Å². The zero-order valence-electron chi connectivity index (χ0n) is 8.49. The Balaban J connectivity index is 2.09. The number of rotatable bonds is 3. The number of benzene rings is 2. The summed E-state index contributed by atoms with van der Waals surface area (Å²) in [6.07, 6.45) is 0. The molecule has 0 saturated heterocycles. The quantitative estimate of drug-likeness (QED) is 0.718. The van der Waals surface area contributed by atoms with Crippen molar-refractivity contribution in [1.82, 2.24) is 0 Å². The molecule has 0 nitrogen and oxygen atoms in total. The second-order valence-corrected chi connectivity index (χ2v) is 4.33. The summed E-state index contributed by atoms with van der Waals surface area (Å²) in [5.41, 5.74) is 0.593. The lowest BCUT2D eigenvalue weighted by atomic mass is 10.2. The van der Waals surface area contributed by atoms with E-state index in [2.05, 4.69) is 0 Å². The first-order chi connectivity index (χ1) is 7.77. The highest BCUT2D eigenvalue weighted by molar-refractivity contribution is 7.98. The zero-order valence-corrected chi connectivity index (χ0v) is 9.31. The van der Waals surface area contributed by atoms with Crippen LogP contribution in [0.4, 0.5) is 8.78 Å². The molecule has 0 saturated carbocycles. The molecule has 3 heteroatoms. The number of hydrogen-bond donors (Lipinski definition) is 0. The fraction of sp³-hybridized carbons (Fsp3) is 0.0769. The Morgan fingerprint density at radius 3 is 2.12 bits per heavy atom. The lowest BCUT2D eigenvalue weighted by Crippen LogP contribution is -1.87. The van der Waals surface area contributed by atoms with Crippen LogP contribution in [0, 0.1) is 11.6 Å². The normalized spacial score (nSPS) is 10.4. The Labute approximate surface area is 97.3 Å². The minimum absolute atomic E-state index is 0.244. The highest BCUT2D eigenvalue weighted by Crippen LogP contribution is 2.25. The topological polar surface area (TPSA) is 0 Å². The third kappa shape index (κ3) is 2.61. The van der Waals surface area contributed by atoms with Gasteiger partial charge >= 0.3 is 0 Å². The summed E-state index contributed by atoms with van der Waals surface area (Å²) < 4.78 is 26.6. The summed E-state index contributed by atoms with van der Waals surface area (Å²) in [6, 6.07) is 13.1. The maximum Gasteiger partial charge on any atom is 0.136 e. The average Bonchev–Trinajstić information content (AvgIpc) is 2.30. The molecule has 0 N–H and O–H groups in total. The molecular formula is C13H10F2S. The van der Waals surface area contributed by atoms with Crippen LogP contribution in [0.2, 0.25) is 0 Å². The molecule has 0 aliphatic rings. The van der Waals surface area contributed by atoms with Crippen molar-refractivity contribution in [2.45, 2.75) is 10.6 Å². The van der Waals surface area contributed by atoms with Crippen LogP contribution in [0.15, 0.2) is 53.4 Å². The minimum atomic E-state index is -0.260. The van der Waals surface area contributed by atoms with Gasteiger partial charge in [0.1, 0.15) is 11.6 Å². The van der Waals surface area contributed by atoms with Crippen LogP contribution < -0.4 is 0 Å². The number of thioether (sulfide) groups is 1. The molecule has 82 valence electrons.